The van der Waals surface area contributed by atoms with Crippen molar-refractivity contribution in [3.05, 3.63) is 24.0 Å². The predicted octanol–water partition coefficient (Wildman–Crippen LogP) is 3.77. The van der Waals surface area contributed by atoms with Crippen molar-refractivity contribution in [3.8, 4) is 0 Å². The second-order valence-corrected chi connectivity index (χ2v) is 5.21. The lowest BCUT2D eigenvalue weighted by Gasteiger charge is -2.17. The molecule has 1 saturated carbocycles. The molecule has 0 aliphatic heterocycles. The summed E-state index contributed by atoms with van der Waals surface area (Å²) < 4.78 is 0. The second kappa shape index (κ2) is 5.33. The Bertz CT molecular complexity index is 335. The summed E-state index contributed by atoms with van der Waals surface area (Å²) in [5, 5.41) is 3.62. The van der Waals surface area contributed by atoms with Crippen LogP contribution in [0.25, 0.3) is 0 Å². The number of nitrogens with zero attached hydrogens (tertiary/aromatic N) is 1. The number of hydrogen-bond acceptors (Lipinski definition) is 2. The molecular weight excluding hydrogens is 196 g/mol. The summed E-state index contributed by atoms with van der Waals surface area (Å²) in [7, 11) is 0. The molecule has 1 aromatic rings. The topological polar surface area (TPSA) is 24.9 Å². The normalized spacial score (nSPS) is 26.1. The van der Waals surface area contributed by atoms with Crippen LogP contribution in [0.3, 0.4) is 0 Å². The molecule has 2 atom stereocenters. The van der Waals surface area contributed by atoms with E-state index in [0.29, 0.717) is 6.04 Å². The van der Waals surface area contributed by atoms with Crippen molar-refractivity contribution in [2.45, 2.75) is 52.0 Å². The summed E-state index contributed by atoms with van der Waals surface area (Å²) in [5.41, 5.74) is 2.41. The lowest BCUT2D eigenvalue weighted by molar-refractivity contribution is 0.502. The SMILES string of the molecule is Cc1cncc(NC2CCCC(C)CC2)c1. The average Bonchev–Trinajstić information content (AvgIpc) is 2.44. The van der Waals surface area contributed by atoms with Crippen LogP contribution in [0.15, 0.2) is 18.5 Å². The second-order valence-electron chi connectivity index (χ2n) is 5.21. The van der Waals surface area contributed by atoms with E-state index in [1.807, 2.05) is 12.4 Å². The van der Waals surface area contributed by atoms with Gasteiger partial charge in [-0.05, 0) is 43.7 Å². The summed E-state index contributed by atoms with van der Waals surface area (Å²) in [6.45, 7) is 4.46. The molecule has 2 heteroatoms. The number of aryl methyl sites for hydroxylation is 1. The van der Waals surface area contributed by atoms with E-state index in [1.165, 1.54) is 43.4 Å². The molecule has 0 radical (unpaired) electrons. The number of rotatable bonds is 2. The van der Waals surface area contributed by atoms with Crippen LogP contribution < -0.4 is 5.32 Å². The van der Waals surface area contributed by atoms with Crippen LogP contribution in [0.4, 0.5) is 5.69 Å². The van der Waals surface area contributed by atoms with Crippen LogP contribution in [-0.2, 0) is 0 Å². The fourth-order valence-corrected chi connectivity index (χ4v) is 2.50. The lowest BCUT2D eigenvalue weighted by atomic mass is 10.0. The monoisotopic (exact) mass is 218 g/mol. The minimum Gasteiger partial charge on any atom is -0.381 e. The number of aromatic nitrogens is 1. The van der Waals surface area contributed by atoms with Gasteiger partial charge in [-0.1, -0.05) is 19.8 Å². The minimum atomic E-state index is 0.647. The molecule has 1 heterocycles. The third-order valence-electron chi connectivity index (χ3n) is 3.50. The van der Waals surface area contributed by atoms with Gasteiger partial charge in [0.25, 0.3) is 0 Å². The molecule has 88 valence electrons. The van der Waals surface area contributed by atoms with Crippen LogP contribution in [0.5, 0.6) is 0 Å². The Labute approximate surface area is 98.5 Å². The Morgan fingerprint density at radius 2 is 2.06 bits per heavy atom. The zero-order valence-electron chi connectivity index (χ0n) is 10.4. The van der Waals surface area contributed by atoms with E-state index in [-0.39, 0.29) is 0 Å². The summed E-state index contributed by atoms with van der Waals surface area (Å²) >= 11 is 0. The van der Waals surface area contributed by atoms with Crippen molar-refractivity contribution in [2.24, 2.45) is 5.92 Å². The molecule has 0 saturated heterocycles. The number of hydrogen-bond donors (Lipinski definition) is 1. The highest BCUT2D eigenvalue weighted by atomic mass is 14.9. The zero-order chi connectivity index (χ0) is 11.4. The van der Waals surface area contributed by atoms with E-state index in [2.05, 4.69) is 30.2 Å². The van der Waals surface area contributed by atoms with Crippen molar-refractivity contribution in [1.82, 2.24) is 4.98 Å². The van der Waals surface area contributed by atoms with Crippen LogP contribution >= 0.6 is 0 Å². The van der Waals surface area contributed by atoms with E-state index >= 15 is 0 Å². The highest BCUT2D eigenvalue weighted by Crippen LogP contribution is 2.24. The van der Waals surface area contributed by atoms with E-state index in [1.54, 1.807) is 0 Å². The maximum absolute atomic E-state index is 4.23. The first-order valence-corrected chi connectivity index (χ1v) is 6.42. The van der Waals surface area contributed by atoms with Gasteiger partial charge in [0.1, 0.15) is 0 Å². The van der Waals surface area contributed by atoms with Gasteiger partial charge in [0.2, 0.25) is 0 Å². The van der Waals surface area contributed by atoms with Crippen molar-refractivity contribution < 1.29 is 0 Å². The zero-order valence-corrected chi connectivity index (χ0v) is 10.4. The van der Waals surface area contributed by atoms with Gasteiger partial charge in [-0.3, -0.25) is 4.98 Å². The highest BCUT2D eigenvalue weighted by Gasteiger charge is 2.15. The molecular formula is C14H22N2. The van der Waals surface area contributed by atoms with Crippen molar-refractivity contribution in [1.29, 1.82) is 0 Å². The molecule has 1 fully saturated rings. The van der Waals surface area contributed by atoms with E-state index in [0.717, 1.165) is 5.92 Å². The van der Waals surface area contributed by atoms with Crippen LogP contribution in [-0.4, -0.2) is 11.0 Å². The minimum absolute atomic E-state index is 0.647. The number of pyridine rings is 1. The molecule has 2 unspecified atom stereocenters. The molecule has 1 aliphatic carbocycles. The molecule has 1 aromatic heterocycles. The first kappa shape index (κ1) is 11.4. The molecule has 1 N–H and O–H groups in total. The molecule has 2 rings (SSSR count). The predicted molar refractivity (Wildman–Crippen MR) is 68.6 cm³/mol. The van der Waals surface area contributed by atoms with Crippen molar-refractivity contribution in [2.75, 3.05) is 5.32 Å². The largest absolute Gasteiger partial charge is 0.381 e. The molecule has 0 bridgehead atoms. The Balaban J connectivity index is 1.93. The summed E-state index contributed by atoms with van der Waals surface area (Å²) in [6, 6.07) is 2.83. The maximum Gasteiger partial charge on any atom is 0.0531 e. The third kappa shape index (κ3) is 3.22. The quantitative estimate of drug-likeness (QED) is 0.764. The van der Waals surface area contributed by atoms with Gasteiger partial charge in [-0.2, -0.15) is 0 Å². The van der Waals surface area contributed by atoms with Crippen LogP contribution in [0, 0.1) is 12.8 Å². The molecule has 16 heavy (non-hydrogen) atoms. The summed E-state index contributed by atoms with van der Waals surface area (Å²) in [4.78, 5) is 4.23. The molecule has 2 nitrogen and oxygen atoms in total. The van der Waals surface area contributed by atoms with Gasteiger partial charge in [-0.15, -0.1) is 0 Å². The molecule has 0 spiro atoms. The average molecular weight is 218 g/mol. The Kier molecular flexibility index (Phi) is 3.81. The maximum atomic E-state index is 4.23. The highest BCUT2D eigenvalue weighted by molar-refractivity contribution is 5.43. The summed E-state index contributed by atoms with van der Waals surface area (Å²) in [5.74, 6) is 0.905. The van der Waals surface area contributed by atoms with Gasteiger partial charge in [0, 0.05) is 18.4 Å². The third-order valence-corrected chi connectivity index (χ3v) is 3.50. The van der Waals surface area contributed by atoms with E-state index in [9.17, 15) is 0 Å². The Hall–Kier alpha value is -1.05. The van der Waals surface area contributed by atoms with Gasteiger partial charge in [0.05, 0.1) is 5.69 Å². The molecule has 1 aliphatic rings. The van der Waals surface area contributed by atoms with Gasteiger partial charge >= 0.3 is 0 Å². The van der Waals surface area contributed by atoms with Gasteiger partial charge in [-0.25, -0.2) is 0 Å². The summed E-state index contributed by atoms with van der Waals surface area (Å²) in [6.07, 6.45) is 10.5. The first-order chi connectivity index (χ1) is 7.74. The van der Waals surface area contributed by atoms with Crippen LogP contribution in [0.2, 0.25) is 0 Å². The van der Waals surface area contributed by atoms with Crippen molar-refractivity contribution in [3.63, 3.8) is 0 Å². The molecule has 0 amide bonds. The van der Waals surface area contributed by atoms with E-state index in [4.69, 9.17) is 0 Å². The lowest BCUT2D eigenvalue weighted by Crippen LogP contribution is -2.18. The first-order valence-electron chi connectivity index (χ1n) is 6.42. The number of nitrogens with one attached hydrogen (secondary N) is 1. The molecule has 0 aromatic carbocycles. The van der Waals surface area contributed by atoms with Crippen LogP contribution in [0.1, 0.15) is 44.6 Å². The Morgan fingerprint density at radius 1 is 1.19 bits per heavy atom. The van der Waals surface area contributed by atoms with Gasteiger partial charge < -0.3 is 5.32 Å². The van der Waals surface area contributed by atoms with Gasteiger partial charge in [0.15, 0.2) is 0 Å². The van der Waals surface area contributed by atoms with Crippen molar-refractivity contribution >= 4 is 5.69 Å². The number of anilines is 1. The smallest absolute Gasteiger partial charge is 0.0531 e. The Morgan fingerprint density at radius 3 is 2.88 bits per heavy atom. The fraction of sp³-hybridized carbons (Fsp3) is 0.643. The standard InChI is InChI=1S/C14H22N2/c1-11-4-3-5-13(7-6-11)16-14-8-12(2)9-15-10-14/h8-11,13,16H,3-7H2,1-2H3. The fourth-order valence-electron chi connectivity index (χ4n) is 2.50. The van der Waals surface area contributed by atoms with E-state index < -0.39 is 0 Å².